The van der Waals surface area contributed by atoms with Gasteiger partial charge in [0, 0.05) is 5.33 Å². The molecule has 0 aliphatic heterocycles. The highest BCUT2D eigenvalue weighted by Crippen LogP contribution is 2.26. The van der Waals surface area contributed by atoms with Gasteiger partial charge < -0.3 is 9.47 Å². The standard InChI is InChI=1S/C11H15BrO2/c1-2-13-10-6-3-4-7-11(10)14-9-5-8-12/h3-4,6-7H,2,5,8-9H2,1H3. The molecule has 3 heteroatoms. The van der Waals surface area contributed by atoms with Gasteiger partial charge in [0.1, 0.15) is 0 Å². The summed E-state index contributed by atoms with van der Waals surface area (Å²) in [5.74, 6) is 1.65. The largest absolute Gasteiger partial charge is 0.490 e. The lowest BCUT2D eigenvalue weighted by Gasteiger charge is -2.10. The molecule has 1 aromatic rings. The number of rotatable bonds is 6. The Kier molecular flexibility index (Phi) is 5.45. The zero-order valence-corrected chi connectivity index (χ0v) is 9.92. The molecular formula is C11H15BrO2. The van der Waals surface area contributed by atoms with E-state index in [1.807, 2.05) is 31.2 Å². The van der Waals surface area contributed by atoms with Crippen LogP contribution in [0.1, 0.15) is 13.3 Å². The SMILES string of the molecule is CCOc1ccccc1OCCCBr. The summed E-state index contributed by atoms with van der Waals surface area (Å²) in [5, 5.41) is 0.962. The van der Waals surface area contributed by atoms with Crippen molar-refractivity contribution >= 4 is 15.9 Å². The molecule has 0 bridgehead atoms. The summed E-state index contributed by atoms with van der Waals surface area (Å²) in [6.45, 7) is 3.35. The summed E-state index contributed by atoms with van der Waals surface area (Å²) in [5.41, 5.74) is 0. The first-order chi connectivity index (χ1) is 6.88. The van der Waals surface area contributed by atoms with Gasteiger partial charge in [0.2, 0.25) is 0 Å². The summed E-state index contributed by atoms with van der Waals surface area (Å²) in [4.78, 5) is 0. The van der Waals surface area contributed by atoms with Gasteiger partial charge in [-0.15, -0.1) is 0 Å². The van der Waals surface area contributed by atoms with E-state index in [0.717, 1.165) is 29.9 Å². The lowest BCUT2D eigenvalue weighted by molar-refractivity contribution is 0.278. The number of halogens is 1. The molecule has 0 aliphatic carbocycles. The fourth-order valence-corrected chi connectivity index (χ4v) is 1.31. The van der Waals surface area contributed by atoms with E-state index >= 15 is 0 Å². The van der Waals surface area contributed by atoms with Crippen molar-refractivity contribution in [2.45, 2.75) is 13.3 Å². The van der Waals surface area contributed by atoms with E-state index in [0.29, 0.717) is 6.61 Å². The van der Waals surface area contributed by atoms with Crippen LogP contribution in [0.15, 0.2) is 24.3 Å². The van der Waals surface area contributed by atoms with Crippen molar-refractivity contribution in [3.05, 3.63) is 24.3 Å². The number of benzene rings is 1. The third-order valence-electron chi connectivity index (χ3n) is 1.68. The van der Waals surface area contributed by atoms with E-state index in [-0.39, 0.29) is 0 Å². The zero-order chi connectivity index (χ0) is 10.2. The van der Waals surface area contributed by atoms with Gasteiger partial charge in [-0.25, -0.2) is 0 Å². The average Bonchev–Trinajstić information content (AvgIpc) is 2.21. The Labute approximate surface area is 93.4 Å². The normalized spacial score (nSPS) is 9.86. The Morgan fingerprint density at radius 3 is 2.36 bits per heavy atom. The number of alkyl halides is 1. The Balaban J connectivity index is 2.55. The van der Waals surface area contributed by atoms with E-state index in [4.69, 9.17) is 9.47 Å². The highest BCUT2D eigenvalue weighted by Gasteiger charge is 2.01. The molecule has 78 valence electrons. The van der Waals surface area contributed by atoms with Crippen molar-refractivity contribution in [3.63, 3.8) is 0 Å². The molecule has 1 rings (SSSR count). The van der Waals surface area contributed by atoms with Crippen LogP contribution in [-0.2, 0) is 0 Å². The quantitative estimate of drug-likeness (QED) is 0.576. The van der Waals surface area contributed by atoms with E-state index in [1.165, 1.54) is 0 Å². The molecule has 0 fully saturated rings. The minimum Gasteiger partial charge on any atom is -0.490 e. The number of hydrogen-bond acceptors (Lipinski definition) is 2. The Morgan fingerprint density at radius 1 is 1.14 bits per heavy atom. The van der Waals surface area contributed by atoms with Crippen LogP contribution in [0.4, 0.5) is 0 Å². The van der Waals surface area contributed by atoms with Crippen molar-refractivity contribution < 1.29 is 9.47 Å². The summed E-state index contributed by atoms with van der Waals surface area (Å²) < 4.78 is 11.0. The third kappa shape index (κ3) is 3.58. The smallest absolute Gasteiger partial charge is 0.161 e. The Bertz CT molecular complexity index is 263. The van der Waals surface area contributed by atoms with Crippen molar-refractivity contribution in [1.29, 1.82) is 0 Å². The lowest BCUT2D eigenvalue weighted by atomic mass is 10.3. The van der Waals surface area contributed by atoms with Crippen LogP contribution in [-0.4, -0.2) is 18.5 Å². The second-order valence-electron chi connectivity index (χ2n) is 2.77. The number of ether oxygens (including phenoxy) is 2. The molecule has 0 aliphatic rings. The number of hydrogen-bond donors (Lipinski definition) is 0. The van der Waals surface area contributed by atoms with Crippen LogP contribution in [0.5, 0.6) is 11.5 Å². The molecular weight excluding hydrogens is 244 g/mol. The van der Waals surface area contributed by atoms with Crippen LogP contribution in [0.2, 0.25) is 0 Å². The van der Waals surface area contributed by atoms with Gasteiger partial charge in [-0.05, 0) is 25.5 Å². The molecule has 2 nitrogen and oxygen atoms in total. The molecule has 0 atom stereocenters. The summed E-state index contributed by atoms with van der Waals surface area (Å²) in [7, 11) is 0. The first-order valence-electron chi connectivity index (χ1n) is 4.79. The van der Waals surface area contributed by atoms with Gasteiger partial charge in [0.05, 0.1) is 13.2 Å². The fourth-order valence-electron chi connectivity index (χ4n) is 1.08. The summed E-state index contributed by atoms with van der Waals surface area (Å²) in [6, 6.07) is 7.75. The van der Waals surface area contributed by atoms with Gasteiger partial charge in [-0.3, -0.25) is 0 Å². The van der Waals surface area contributed by atoms with E-state index in [2.05, 4.69) is 15.9 Å². The molecule has 0 saturated heterocycles. The molecule has 14 heavy (non-hydrogen) atoms. The molecule has 0 aromatic heterocycles. The van der Waals surface area contributed by atoms with Crippen LogP contribution in [0, 0.1) is 0 Å². The summed E-state index contributed by atoms with van der Waals surface area (Å²) >= 11 is 3.36. The molecule has 0 saturated carbocycles. The van der Waals surface area contributed by atoms with Gasteiger partial charge in [-0.1, -0.05) is 28.1 Å². The zero-order valence-electron chi connectivity index (χ0n) is 8.33. The van der Waals surface area contributed by atoms with Gasteiger partial charge in [-0.2, -0.15) is 0 Å². The maximum absolute atomic E-state index is 5.58. The predicted molar refractivity (Wildman–Crippen MR) is 61.5 cm³/mol. The van der Waals surface area contributed by atoms with Crippen LogP contribution in [0.3, 0.4) is 0 Å². The van der Waals surface area contributed by atoms with E-state index in [9.17, 15) is 0 Å². The molecule has 0 N–H and O–H groups in total. The maximum atomic E-state index is 5.58. The second kappa shape index (κ2) is 6.71. The van der Waals surface area contributed by atoms with Gasteiger partial charge in [0.25, 0.3) is 0 Å². The molecule has 0 heterocycles. The lowest BCUT2D eigenvalue weighted by Crippen LogP contribution is -2.00. The molecule has 0 amide bonds. The van der Waals surface area contributed by atoms with Crippen molar-refractivity contribution in [2.24, 2.45) is 0 Å². The average molecular weight is 259 g/mol. The molecule has 0 radical (unpaired) electrons. The Hall–Kier alpha value is -0.700. The highest BCUT2D eigenvalue weighted by molar-refractivity contribution is 9.09. The van der Waals surface area contributed by atoms with Crippen LogP contribution >= 0.6 is 15.9 Å². The second-order valence-corrected chi connectivity index (χ2v) is 3.56. The van der Waals surface area contributed by atoms with Crippen molar-refractivity contribution in [2.75, 3.05) is 18.5 Å². The van der Waals surface area contributed by atoms with E-state index < -0.39 is 0 Å². The van der Waals surface area contributed by atoms with E-state index in [1.54, 1.807) is 0 Å². The third-order valence-corrected chi connectivity index (χ3v) is 2.25. The first-order valence-corrected chi connectivity index (χ1v) is 5.91. The maximum Gasteiger partial charge on any atom is 0.161 e. The molecule has 0 unspecified atom stereocenters. The minimum absolute atomic E-state index is 0.665. The first kappa shape index (κ1) is 11.4. The van der Waals surface area contributed by atoms with Crippen molar-refractivity contribution in [1.82, 2.24) is 0 Å². The topological polar surface area (TPSA) is 18.5 Å². The predicted octanol–water partition coefficient (Wildman–Crippen LogP) is 3.25. The highest BCUT2D eigenvalue weighted by atomic mass is 79.9. The monoisotopic (exact) mass is 258 g/mol. The molecule has 0 spiro atoms. The molecule has 1 aromatic carbocycles. The van der Waals surface area contributed by atoms with Gasteiger partial charge in [0.15, 0.2) is 11.5 Å². The van der Waals surface area contributed by atoms with Gasteiger partial charge >= 0.3 is 0 Å². The van der Waals surface area contributed by atoms with Crippen molar-refractivity contribution in [3.8, 4) is 11.5 Å². The summed E-state index contributed by atoms with van der Waals surface area (Å²) in [6.07, 6.45) is 1.00. The van der Waals surface area contributed by atoms with Crippen LogP contribution < -0.4 is 9.47 Å². The minimum atomic E-state index is 0.665. The van der Waals surface area contributed by atoms with Crippen LogP contribution in [0.25, 0.3) is 0 Å². The number of para-hydroxylation sites is 2. The fraction of sp³-hybridized carbons (Fsp3) is 0.455. The Morgan fingerprint density at radius 2 is 1.79 bits per heavy atom.